The van der Waals surface area contributed by atoms with Crippen molar-refractivity contribution in [3.8, 4) is 0 Å². The molecule has 0 aliphatic heterocycles. The van der Waals surface area contributed by atoms with E-state index in [1.165, 1.54) is 42.1 Å². The third-order valence-corrected chi connectivity index (χ3v) is 5.44. The lowest BCUT2D eigenvalue weighted by Crippen LogP contribution is -2.25. The minimum atomic E-state index is 0.523. The Bertz CT molecular complexity index is 591. The first-order valence-corrected chi connectivity index (χ1v) is 8.52. The fourth-order valence-electron chi connectivity index (χ4n) is 4.09. The minimum absolute atomic E-state index is 0.523. The molecule has 1 unspecified atom stereocenters. The molecular weight excluding hydrogens is 256 g/mol. The van der Waals surface area contributed by atoms with E-state index in [0.29, 0.717) is 5.92 Å². The summed E-state index contributed by atoms with van der Waals surface area (Å²) in [6, 6.07) is 8.80. The number of rotatable bonds is 4. The number of aromatic nitrogens is 1. The monoisotopic (exact) mass is 284 g/mol. The molecule has 114 valence electrons. The van der Waals surface area contributed by atoms with E-state index in [9.17, 15) is 0 Å². The van der Waals surface area contributed by atoms with Crippen LogP contribution in [0.5, 0.6) is 0 Å². The van der Waals surface area contributed by atoms with Crippen molar-refractivity contribution in [1.29, 1.82) is 0 Å². The Morgan fingerprint density at radius 1 is 1.19 bits per heavy atom. The summed E-state index contributed by atoms with van der Waals surface area (Å²) in [5.41, 5.74) is 9.04. The highest BCUT2D eigenvalue weighted by molar-refractivity contribution is 5.84. The summed E-state index contributed by atoms with van der Waals surface area (Å²) < 4.78 is 2.37. The maximum Gasteiger partial charge on any atom is 0.0483 e. The zero-order valence-electron chi connectivity index (χ0n) is 13.4. The molecular formula is C19H28N2. The fourth-order valence-corrected chi connectivity index (χ4v) is 4.09. The van der Waals surface area contributed by atoms with Gasteiger partial charge >= 0.3 is 0 Å². The molecule has 0 amide bonds. The number of nitrogens with zero attached hydrogens (tertiary/aromatic N) is 1. The molecule has 0 spiro atoms. The van der Waals surface area contributed by atoms with Gasteiger partial charge in [0.1, 0.15) is 0 Å². The zero-order valence-corrected chi connectivity index (χ0v) is 13.4. The SMILES string of the molecule is CCn1cc(C(CN)C2CCC(C)CC2)c2ccccc21. The first-order chi connectivity index (χ1) is 10.2. The van der Waals surface area contributed by atoms with E-state index in [1.54, 1.807) is 0 Å². The van der Waals surface area contributed by atoms with Gasteiger partial charge in [-0.15, -0.1) is 0 Å². The molecule has 2 heteroatoms. The Hall–Kier alpha value is -1.28. The minimum Gasteiger partial charge on any atom is -0.347 e. The van der Waals surface area contributed by atoms with Crippen LogP contribution >= 0.6 is 0 Å². The predicted molar refractivity (Wildman–Crippen MR) is 90.5 cm³/mol. The summed E-state index contributed by atoms with van der Waals surface area (Å²) in [6.45, 7) is 6.41. The molecule has 2 nitrogen and oxygen atoms in total. The maximum absolute atomic E-state index is 6.20. The number of benzene rings is 1. The zero-order chi connectivity index (χ0) is 14.8. The van der Waals surface area contributed by atoms with E-state index in [1.807, 2.05) is 0 Å². The molecule has 21 heavy (non-hydrogen) atoms. The molecule has 0 bridgehead atoms. The van der Waals surface area contributed by atoms with E-state index in [0.717, 1.165) is 24.9 Å². The highest BCUT2D eigenvalue weighted by atomic mass is 14.9. The fraction of sp³-hybridized carbons (Fsp3) is 0.579. The van der Waals surface area contributed by atoms with E-state index >= 15 is 0 Å². The second kappa shape index (κ2) is 6.23. The molecule has 0 radical (unpaired) electrons. The highest BCUT2D eigenvalue weighted by Crippen LogP contribution is 2.40. The first kappa shape index (κ1) is 14.6. The summed E-state index contributed by atoms with van der Waals surface area (Å²) in [7, 11) is 0. The van der Waals surface area contributed by atoms with Gasteiger partial charge < -0.3 is 10.3 Å². The lowest BCUT2D eigenvalue weighted by atomic mass is 9.74. The smallest absolute Gasteiger partial charge is 0.0483 e. The van der Waals surface area contributed by atoms with E-state index in [4.69, 9.17) is 5.73 Å². The lowest BCUT2D eigenvalue weighted by Gasteiger charge is -2.32. The number of fused-ring (bicyclic) bond motifs is 1. The van der Waals surface area contributed by atoms with Gasteiger partial charge in [-0.3, -0.25) is 0 Å². The van der Waals surface area contributed by atoms with Crippen LogP contribution in [0.4, 0.5) is 0 Å². The summed E-state index contributed by atoms with van der Waals surface area (Å²) >= 11 is 0. The Morgan fingerprint density at radius 3 is 2.57 bits per heavy atom. The van der Waals surface area contributed by atoms with Gasteiger partial charge in [-0.05, 0) is 49.8 Å². The van der Waals surface area contributed by atoms with Gasteiger partial charge in [0.15, 0.2) is 0 Å². The van der Waals surface area contributed by atoms with Crippen LogP contribution in [0.2, 0.25) is 0 Å². The molecule has 2 N–H and O–H groups in total. The van der Waals surface area contributed by atoms with Crippen LogP contribution in [0.3, 0.4) is 0 Å². The predicted octanol–water partition coefficient (Wildman–Crippen LogP) is 4.53. The van der Waals surface area contributed by atoms with E-state index < -0.39 is 0 Å². The number of hydrogen-bond donors (Lipinski definition) is 1. The largest absolute Gasteiger partial charge is 0.347 e. The Balaban J connectivity index is 1.97. The third-order valence-electron chi connectivity index (χ3n) is 5.44. The van der Waals surface area contributed by atoms with Crippen LogP contribution in [0.15, 0.2) is 30.5 Å². The van der Waals surface area contributed by atoms with Crippen molar-refractivity contribution in [3.63, 3.8) is 0 Å². The molecule has 1 atom stereocenters. The van der Waals surface area contributed by atoms with Crippen molar-refractivity contribution >= 4 is 10.9 Å². The van der Waals surface area contributed by atoms with Crippen LogP contribution in [0.25, 0.3) is 10.9 Å². The summed E-state index contributed by atoms with van der Waals surface area (Å²) in [6.07, 6.45) is 7.78. The van der Waals surface area contributed by atoms with Gasteiger partial charge in [0.25, 0.3) is 0 Å². The Labute approximate surface area is 128 Å². The van der Waals surface area contributed by atoms with E-state index in [2.05, 4.69) is 48.9 Å². The van der Waals surface area contributed by atoms with Crippen LogP contribution in [-0.4, -0.2) is 11.1 Å². The van der Waals surface area contributed by atoms with Gasteiger partial charge in [0, 0.05) is 29.6 Å². The van der Waals surface area contributed by atoms with Crippen molar-refractivity contribution < 1.29 is 0 Å². The molecule has 2 aromatic rings. The van der Waals surface area contributed by atoms with Crippen molar-refractivity contribution in [2.45, 2.75) is 52.0 Å². The number of nitrogens with two attached hydrogens (primary N) is 1. The van der Waals surface area contributed by atoms with Gasteiger partial charge in [0.2, 0.25) is 0 Å². The molecule has 1 aromatic heterocycles. The van der Waals surface area contributed by atoms with Crippen LogP contribution < -0.4 is 5.73 Å². The van der Waals surface area contributed by atoms with Crippen LogP contribution in [-0.2, 0) is 6.54 Å². The topological polar surface area (TPSA) is 30.9 Å². The van der Waals surface area contributed by atoms with Gasteiger partial charge in [-0.2, -0.15) is 0 Å². The van der Waals surface area contributed by atoms with Crippen LogP contribution in [0.1, 0.15) is 51.0 Å². The maximum atomic E-state index is 6.20. The second-order valence-corrected chi connectivity index (χ2v) is 6.75. The molecule has 0 saturated heterocycles. The van der Waals surface area contributed by atoms with Crippen molar-refractivity contribution in [2.24, 2.45) is 17.6 Å². The Kier molecular flexibility index (Phi) is 4.34. The first-order valence-electron chi connectivity index (χ1n) is 8.52. The Morgan fingerprint density at radius 2 is 1.90 bits per heavy atom. The van der Waals surface area contributed by atoms with Crippen molar-refractivity contribution in [2.75, 3.05) is 6.54 Å². The van der Waals surface area contributed by atoms with Crippen LogP contribution in [0, 0.1) is 11.8 Å². The van der Waals surface area contributed by atoms with Crippen molar-refractivity contribution in [1.82, 2.24) is 4.57 Å². The third kappa shape index (κ3) is 2.74. The van der Waals surface area contributed by atoms with Gasteiger partial charge in [0.05, 0.1) is 0 Å². The molecule has 1 saturated carbocycles. The quantitative estimate of drug-likeness (QED) is 0.878. The van der Waals surface area contributed by atoms with Gasteiger partial charge in [-0.1, -0.05) is 38.0 Å². The normalized spacial score (nSPS) is 24.3. The summed E-state index contributed by atoms with van der Waals surface area (Å²) in [5.74, 6) is 2.19. The summed E-state index contributed by atoms with van der Waals surface area (Å²) in [4.78, 5) is 0. The van der Waals surface area contributed by atoms with E-state index in [-0.39, 0.29) is 0 Å². The molecule has 1 aromatic carbocycles. The molecule has 1 aliphatic rings. The molecule has 1 heterocycles. The number of para-hydroxylation sites is 1. The summed E-state index contributed by atoms with van der Waals surface area (Å²) in [5, 5.41) is 1.41. The van der Waals surface area contributed by atoms with Crippen molar-refractivity contribution in [3.05, 3.63) is 36.0 Å². The lowest BCUT2D eigenvalue weighted by molar-refractivity contribution is 0.256. The average Bonchev–Trinajstić information content (AvgIpc) is 2.89. The standard InChI is InChI=1S/C19H28N2/c1-3-21-13-18(16-6-4-5-7-19(16)21)17(12-20)15-10-8-14(2)9-11-15/h4-7,13-15,17H,3,8-12,20H2,1-2H3. The molecule has 3 rings (SSSR count). The highest BCUT2D eigenvalue weighted by Gasteiger charge is 2.28. The number of aryl methyl sites for hydroxylation is 1. The molecule has 1 fully saturated rings. The van der Waals surface area contributed by atoms with Gasteiger partial charge in [-0.25, -0.2) is 0 Å². The average molecular weight is 284 g/mol. The number of hydrogen-bond acceptors (Lipinski definition) is 1. The molecule has 1 aliphatic carbocycles. The second-order valence-electron chi connectivity index (χ2n) is 6.75.